The molecule has 0 amide bonds. The molecule has 0 N–H and O–H groups in total. The molecule has 3 aromatic rings. The third kappa shape index (κ3) is 3.49. The maximum atomic E-state index is 12.9. The molecule has 2 heteroatoms. The molecular formula is C21H19NO. The highest BCUT2D eigenvalue weighted by molar-refractivity contribution is 5.78. The van der Waals surface area contributed by atoms with Crippen molar-refractivity contribution in [3.63, 3.8) is 0 Å². The van der Waals surface area contributed by atoms with Crippen molar-refractivity contribution in [2.45, 2.75) is 13.0 Å². The zero-order valence-electron chi connectivity index (χ0n) is 13.1. The minimum Gasteiger partial charge on any atom is -0.623 e. The first-order valence-corrected chi connectivity index (χ1v) is 7.71. The van der Waals surface area contributed by atoms with Crippen molar-refractivity contribution >= 4 is 6.21 Å². The van der Waals surface area contributed by atoms with Crippen molar-refractivity contribution in [2.24, 2.45) is 0 Å². The molecule has 114 valence electrons. The molecule has 0 aromatic heterocycles. The number of hydrogen-bond donors (Lipinski definition) is 0. The molecule has 0 unspecified atom stereocenters. The van der Waals surface area contributed by atoms with Gasteiger partial charge in [0, 0.05) is 16.7 Å². The van der Waals surface area contributed by atoms with E-state index >= 15 is 0 Å². The molecule has 0 aliphatic heterocycles. The van der Waals surface area contributed by atoms with Crippen molar-refractivity contribution in [1.29, 1.82) is 0 Å². The van der Waals surface area contributed by atoms with Gasteiger partial charge in [0.25, 0.3) is 0 Å². The molecule has 0 saturated carbocycles. The Hall–Kier alpha value is -2.87. The summed E-state index contributed by atoms with van der Waals surface area (Å²) in [4.78, 5) is 0. The summed E-state index contributed by atoms with van der Waals surface area (Å²) in [5.74, 6) is 0. The van der Waals surface area contributed by atoms with Crippen LogP contribution in [-0.2, 0) is 0 Å². The zero-order chi connectivity index (χ0) is 16.1. The molecule has 0 saturated heterocycles. The van der Waals surface area contributed by atoms with Gasteiger partial charge in [-0.1, -0.05) is 78.9 Å². The van der Waals surface area contributed by atoms with Gasteiger partial charge in [-0.3, -0.25) is 0 Å². The van der Waals surface area contributed by atoms with Crippen LogP contribution in [0, 0.1) is 12.1 Å². The Morgan fingerprint density at radius 3 is 1.74 bits per heavy atom. The average Bonchev–Trinajstić information content (AvgIpc) is 2.59. The lowest BCUT2D eigenvalue weighted by atomic mass is 9.99. The highest BCUT2D eigenvalue weighted by Gasteiger charge is 2.21. The van der Waals surface area contributed by atoms with E-state index in [1.165, 1.54) is 0 Å². The highest BCUT2D eigenvalue weighted by atomic mass is 16.5. The fourth-order valence-electron chi connectivity index (χ4n) is 2.70. The van der Waals surface area contributed by atoms with E-state index in [0.717, 1.165) is 27.0 Å². The molecule has 23 heavy (non-hydrogen) atoms. The van der Waals surface area contributed by atoms with Crippen molar-refractivity contribution in [2.75, 3.05) is 0 Å². The summed E-state index contributed by atoms with van der Waals surface area (Å²) in [7, 11) is 0. The number of hydroxylamine groups is 1. The summed E-state index contributed by atoms with van der Waals surface area (Å²) in [5.41, 5.74) is 4.00. The second-order valence-electron chi connectivity index (χ2n) is 5.57. The second kappa shape index (κ2) is 6.93. The lowest BCUT2D eigenvalue weighted by Crippen LogP contribution is -2.16. The molecule has 0 aliphatic rings. The number of hydrogen-bond acceptors (Lipinski definition) is 1. The molecule has 0 aliphatic carbocycles. The van der Waals surface area contributed by atoms with E-state index in [2.05, 4.69) is 0 Å². The minimum atomic E-state index is -0.350. The maximum absolute atomic E-state index is 12.9. The molecular weight excluding hydrogens is 282 g/mol. The second-order valence-corrected chi connectivity index (χ2v) is 5.57. The van der Waals surface area contributed by atoms with Crippen molar-refractivity contribution in [3.05, 3.63) is 112 Å². The fourth-order valence-corrected chi connectivity index (χ4v) is 2.70. The molecule has 0 bridgehead atoms. The number of benzene rings is 3. The minimum absolute atomic E-state index is 0.350. The van der Waals surface area contributed by atoms with Gasteiger partial charge in [0.15, 0.2) is 6.21 Å². The van der Waals surface area contributed by atoms with E-state index in [1.54, 1.807) is 6.21 Å². The molecule has 3 rings (SSSR count). The smallest absolute Gasteiger partial charge is 0.213 e. The molecule has 0 atom stereocenters. The number of aryl methyl sites for hydroxylation is 1. The fraction of sp³-hybridized carbons (Fsp3) is 0.0952. The zero-order valence-corrected chi connectivity index (χ0v) is 13.1. The van der Waals surface area contributed by atoms with E-state index < -0.39 is 0 Å². The quantitative estimate of drug-likeness (QED) is 0.296. The van der Waals surface area contributed by atoms with Crippen LogP contribution in [0.25, 0.3) is 0 Å². The van der Waals surface area contributed by atoms with Gasteiger partial charge in [0.05, 0.1) is 0 Å². The van der Waals surface area contributed by atoms with E-state index in [1.807, 2.05) is 91.9 Å². The predicted octanol–water partition coefficient (Wildman–Crippen LogP) is 4.71. The average molecular weight is 301 g/mol. The molecule has 3 aromatic carbocycles. The SMILES string of the molecule is Cc1ccccc1/C=[N+](\[O-])C(c1ccccc1)c1ccccc1. The number of rotatable bonds is 4. The Balaban J connectivity index is 2.07. The van der Waals surface area contributed by atoms with Crippen LogP contribution in [0.1, 0.15) is 28.3 Å². The van der Waals surface area contributed by atoms with Gasteiger partial charge < -0.3 is 5.21 Å². The first kappa shape index (κ1) is 15.0. The van der Waals surface area contributed by atoms with Crippen molar-refractivity contribution in [3.8, 4) is 0 Å². The van der Waals surface area contributed by atoms with Gasteiger partial charge >= 0.3 is 0 Å². The van der Waals surface area contributed by atoms with Crippen molar-refractivity contribution in [1.82, 2.24) is 0 Å². The molecule has 0 radical (unpaired) electrons. The van der Waals surface area contributed by atoms with Crippen LogP contribution >= 0.6 is 0 Å². The normalized spacial score (nSPS) is 11.7. The summed E-state index contributed by atoms with van der Waals surface area (Å²) in [6, 6.07) is 27.3. The maximum Gasteiger partial charge on any atom is 0.213 e. The molecule has 2 nitrogen and oxygen atoms in total. The van der Waals surface area contributed by atoms with Crippen LogP contribution in [0.5, 0.6) is 0 Å². The molecule has 0 fully saturated rings. The van der Waals surface area contributed by atoms with E-state index in [4.69, 9.17) is 0 Å². The topological polar surface area (TPSA) is 26.1 Å². The Morgan fingerprint density at radius 1 is 0.739 bits per heavy atom. The van der Waals surface area contributed by atoms with Crippen molar-refractivity contribution < 1.29 is 4.74 Å². The lowest BCUT2D eigenvalue weighted by molar-refractivity contribution is -0.490. The van der Waals surface area contributed by atoms with E-state index in [-0.39, 0.29) is 6.04 Å². The Kier molecular flexibility index (Phi) is 4.53. The van der Waals surface area contributed by atoms with Crippen LogP contribution in [0.2, 0.25) is 0 Å². The predicted molar refractivity (Wildman–Crippen MR) is 94.7 cm³/mol. The van der Waals surface area contributed by atoms with E-state index in [0.29, 0.717) is 0 Å². The Bertz CT molecular complexity index is 755. The largest absolute Gasteiger partial charge is 0.623 e. The van der Waals surface area contributed by atoms with Gasteiger partial charge in [-0.2, -0.15) is 4.74 Å². The number of nitrogens with zero attached hydrogens (tertiary/aromatic N) is 1. The van der Waals surface area contributed by atoms with Crippen LogP contribution in [0.3, 0.4) is 0 Å². The lowest BCUT2D eigenvalue weighted by Gasteiger charge is -2.18. The monoisotopic (exact) mass is 301 g/mol. The third-order valence-electron chi connectivity index (χ3n) is 3.94. The summed E-state index contributed by atoms with van der Waals surface area (Å²) in [6.45, 7) is 2.01. The first-order chi connectivity index (χ1) is 11.3. The van der Waals surface area contributed by atoms with Crippen LogP contribution in [-0.4, -0.2) is 11.0 Å². The van der Waals surface area contributed by atoms with Gasteiger partial charge in [-0.05, 0) is 18.6 Å². The van der Waals surface area contributed by atoms with Gasteiger partial charge in [-0.25, -0.2) is 0 Å². The molecule has 0 spiro atoms. The third-order valence-corrected chi connectivity index (χ3v) is 3.94. The van der Waals surface area contributed by atoms with E-state index in [9.17, 15) is 5.21 Å². The highest BCUT2D eigenvalue weighted by Crippen LogP contribution is 2.25. The summed E-state index contributed by atoms with van der Waals surface area (Å²) >= 11 is 0. The summed E-state index contributed by atoms with van der Waals surface area (Å²) in [6.07, 6.45) is 1.68. The Labute approximate surface area is 136 Å². The van der Waals surface area contributed by atoms with Crippen LogP contribution in [0.15, 0.2) is 84.9 Å². The Morgan fingerprint density at radius 2 is 1.22 bits per heavy atom. The summed E-state index contributed by atoms with van der Waals surface area (Å²) < 4.78 is 1.05. The first-order valence-electron chi connectivity index (χ1n) is 7.71. The van der Waals surface area contributed by atoms with Crippen LogP contribution < -0.4 is 0 Å². The van der Waals surface area contributed by atoms with Crippen LogP contribution in [0.4, 0.5) is 0 Å². The summed E-state index contributed by atoms with van der Waals surface area (Å²) in [5, 5.41) is 12.9. The standard InChI is InChI=1S/C21H19NO/c1-17-10-8-9-15-20(17)16-22(23)21(18-11-4-2-5-12-18)19-13-6-3-7-14-19/h2-16,21H,1H3/b22-16-. The van der Waals surface area contributed by atoms with Gasteiger partial charge in [0.1, 0.15) is 0 Å². The van der Waals surface area contributed by atoms with Gasteiger partial charge in [-0.15, -0.1) is 0 Å². The van der Waals surface area contributed by atoms with Gasteiger partial charge in [0.2, 0.25) is 6.04 Å². The molecule has 0 heterocycles.